The fourth-order valence-corrected chi connectivity index (χ4v) is 3.77. The van der Waals surface area contributed by atoms with Gasteiger partial charge in [-0.05, 0) is 25.7 Å². The van der Waals surface area contributed by atoms with Crippen LogP contribution in [0, 0.1) is 13.8 Å². The molecular weight excluding hydrogens is 324 g/mol. The molecule has 27 heavy (non-hydrogen) atoms. The molecule has 0 saturated heterocycles. The highest BCUT2D eigenvalue weighted by molar-refractivity contribution is 4.81. The molecule has 0 saturated carbocycles. The Morgan fingerprint density at radius 1 is 0.296 bits per heavy atom. The maximum atomic E-state index is 3.91. The van der Waals surface area contributed by atoms with Crippen LogP contribution >= 0.6 is 0 Å². The van der Waals surface area contributed by atoms with Crippen molar-refractivity contribution >= 4 is 0 Å². The minimum atomic E-state index is 1.11. The van der Waals surface area contributed by atoms with Gasteiger partial charge in [0, 0.05) is 0 Å². The second kappa shape index (κ2) is 25.7. The van der Waals surface area contributed by atoms with E-state index in [-0.39, 0.29) is 0 Å². The Hall–Kier alpha value is -0.260. The van der Waals surface area contributed by atoms with Crippen molar-refractivity contribution in [1.82, 2.24) is 0 Å². The highest BCUT2D eigenvalue weighted by Gasteiger charge is 1.94. The van der Waals surface area contributed by atoms with E-state index in [1.165, 1.54) is 135 Å². The first-order valence-electron chi connectivity index (χ1n) is 12.6. The second-order valence-electron chi connectivity index (χ2n) is 8.47. The van der Waals surface area contributed by atoms with Gasteiger partial charge in [0.1, 0.15) is 0 Å². The van der Waals surface area contributed by atoms with Crippen LogP contribution in [0.15, 0.2) is 12.2 Å². The summed E-state index contributed by atoms with van der Waals surface area (Å²) < 4.78 is 0. The van der Waals surface area contributed by atoms with Gasteiger partial charge in [-0.2, -0.15) is 0 Å². The van der Waals surface area contributed by atoms with Crippen LogP contribution in [0.1, 0.15) is 148 Å². The standard InChI is InChI=1S/C27H52/c1-3-5-7-9-11-13-15-17-19-21-23-25-27-26-24-22-20-18-16-14-12-10-8-6-4-2/h21,23H,1-20,22,24-27H2/b23-21+. The van der Waals surface area contributed by atoms with Crippen molar-refractivity contribution in [3.05, 3.63) is 26.0 Å². The van der Waals surface area contributed by atoms with Crippen molar-refractivity contribution in [2.75, 3.05) is 0 Å². The lowest BCUT2D eigenvalue weighted by molar-refractivity contribution is 0.542. The molecule has 0 spiro atoms. The largest absolute Gasteiger partial charge is 0.0885 e. The van der Waals surface area contributed by atoms with Crippen LogP contribution in [0.25, 0.3) is 0 Å². The van der Waals surface area contributed by atoms with E-state index in [9.17, 15) is 0 Å². The quantitative estimate of drug-likeness (QED) is 0.123. The number of unbranched alkanes of at least 4 members (excludes halogenated alkanes) is 21. The first-order valence-corrected chi connectivity index (χ1v) is 12.6. The Bertz CT molecular complexity index is 265. The van der Waals surface area contributed by atoms with Crippen molar-refractivity contribution in [2.45, 2.75) is 148 Å². The number of rotatable bonds is 23. The zero-order valence-electron chi connectivity index (χ0n) is 18.8. The van der Waals surface area contributed by atoms with E-state index in [0.717, 1.165) is 12.8 Å². The maximum Gasteiger partial charge on any atom is -0.0351 e. The fourth-order valence-electron chi connectivity index (χ4n) is 3.77. The first kappa shape index (κ1) is 26.7. The summed E-state index contributed by atoms with van der Waals surface area (Å²) in [6.45, 7) is 7.81. The predicted molar refractivity (Wildman–Crippen MR) is 126 cm³/mol. The molecule has 0 bridgehead atoms. The van der Waals surface area contributed by atoms with Gasteiger partial charge in [-0.25, -0.2) is 0 Å². The van der Waals surface area contributed by atoms with Crippen molar-refractivity contribution in [2.24, 2.45) is 0 Å². The Labute approximate surface area is 174 Å². The van der Waals surface area contributed by atoms with E-state index in [0.29, 0.717) is 0 Å². The summed E-state index contributed by atoms with van der Waals surface area (Å²) in [5, 5.41) is 0. The van der Waals surface area contributed by atoms with Crippen molar-refractivity contribution in [3.63, 3.8) is 0 Å². The smallest absolute Gasteiger partial charge is 0.0351 e. The van der Waals surface area contributed by atoms with Crippen LogP contribution in [0.3, 0.4) is 0 Å². The zero-order chi connectivity index (χ0) is 19.7. The Kier molecular flexibility index (Phi) is 25.5. The van der Waals surface area contributed by atoms with Gasteiger partial charge in [0.25, 0.3) is 0 Å². The summed E-state index contributed by atoms with van der Waals surface area (Å²) in [5.74, 6) is 0. The van der Waals surface area contributed by atoms with Crippen LogP contribution in [-0.4, -0.2) is 0 Å². The number of hydrogen-bond acceptors (Lipinski definition) is 0. The lowest BCUT2D eigenvalue weighted by Gasteiger charge is -2.02. The molecule has 0 fully saturated rings. The van der Waals surface area contributed by atoms with Gasteiger partial charge in [-0.3, -0.25) is 0 Å². The zero-order valence-corrected chi connectivity index (χ0v) is 18.8. The molecule has 2 radical (unpaired) electrons. The highest BCUT2D eigenvalue weighted by atomic mass is 14.0. The molecule has 0 aliphatic carbocycles. The van der Waals surface area contributed by atoms with Gasteiger partial charge in [0.05, 0.1) is 0 Å². The summed E-state index contributed by atoms with van der Waals surface area (Å²) in [4.78, 5) is 0. The van der Waals surface area contributed by atoms with Gasteiger partial charge in [-0.1, -0.05) is 148 Å². The molecule has 0 rings (SSSR count). The minimum Gasteiger partial charge on any atom is -0.0885 e. The molecule has 0 heteroatoms. The average molecular weight is 377 g/mol. The molecular formula is C27H52. The van der Waals surface area contributed by atoms with Gasteiger partial charge in [0.2, 0.25) is 0 Å². The number of allylic oxidation sites excluding steroid dienone is 2. The van der Waals surface area contributed by atoms with Gasteiger partial charge < -0.3 is 0 Å². The summed E-state index contributed by atoms with van der Waals surface area (Å²) in [7, 11) is 0. The molecule has 0 aliphatic rings. The molecule has 160 valence electrons. The van der Waals surface area contributed by atoms with E-state index in [1.807, 2.05) is 0 Å². The fraction of sp³-hybridized carbons (Fsp3) is 0.852. The van der Waals surface area contributed by atoms with E-state index in [4.69, 9.17) is 0 Å². The summed E-state index contributed by atoms with van der Waals surface area (Å²) in [6.07, 6.45) is 36.7. The van der Waals surface area contributed by atoms with Crippen molar-refractivity contribution in [3.8, 4) is 0 Å². The van der Waals surface area contributed by atoms with Gasteiger partial charge >= 0.3 is 0 Å². The van der Waals surface area contributed by atoms with E-state index in [2.05, 4.69) is 26.0 Å². The molecule has 0 aromatic rings. The molecule has 0 aromatic heterocycles. The minimum absolute atomic E-state index is 1.11. The SMILES string of the molecule is [CH2]CCCCCCCCC/C=C/CCCCCCCCCCCCCC[CH2]. The third-order valence-corrected chi connectivity index (χ3v) is 5.66. The third-order valence-electron chi connectivity index (χ3n) is 5.66. The van der Waals surface area contributed by atoms with Crippen LogP contribution in [0.4, 0.5) is 0 Å². The van der Waals surface area contributed by atoms with Crippen LogP contribution in [0.2, 0.25) is 0 Å². The topological polar surface area (TPSA) is 0 Å². The third kappa shape index (κ3) is 25.7. The van der Waals surface area contributed by atoms with Crippen molar-refractivity contribution < 1.29 is 0 Å². The van der Waals surface area contributed by atoms with Crippen molar-refractivity contribution in [1.29, 1.82) is 0 Å². The Balaban J connectivity index is 3.04. The molecule has 0 nitrogen and oxygen atoms in total. The summed E-state index contributed by atoms with van der Waals surface area (Å²) in [5.41, 5.74) is 0. The average Bonchev–Trinajstić information content (AvgIpc) is 2.68. The van der Waals surface area contributed by atoms with Crippen LogP contribution < -0.4 is 0 Å². The summed E-state index contributed by atoms with van der Waals surface area (Å²) in [6, 6.07) is 0. The Morgan fingerprint density at radius 2 is 0.519 bits per heavy atom. The predicted octanol–water partition coefficient (Wildman–Crippen LogP) is 10.2. The lowest BCUT2D eigenvalue weighted by Crippen LogP contribution is -1.82. The van der Waals surface area contributed by atoms with E-state index < -0.39 is 0 Å². The second-order valence-corrected chi connectivity index (χ2v) is 8.47. The van der Waals surface area contributed by atoms with Gasteiger partial charge in [-0.15, -0.1) is 0 Å². The molecule has 0 N–H and O–H groups in total. The maximum absolute atomic E-state index is 3.91. The van der Waals surface area contributed by atoms with Crippen LogP contribution in [0.5, 0.6) is 0 Å². The van der Waals surface area contributed by atoms with E-state index in [1.54, 1.807) is 0 Å². The van der Waals surface area contributed by atoms with E-state index >= 15 is 0 Å². The first-order chi connectivity index (χ1) is 13.4. The lowest BCUT2D eigenvalue weighted by atomic mass is 10.0. The molecule has 0 amide bonds. The summed E-state index contributed by atoms with van der Waals surface area (Å²) >= 11 is 0. The molecule has 0 atom stereocenters. The van der Waals surface area contributed by atoms with Gasteiger partial charge in [0.15, 0.2) is 0 Å². The normalized spacial score (nSPS) is 11.6. The molecule has 0 aromatic carbocycles. The number of hydrogen-bond donors (Lipinski definition) is 0. The molecule has 0 unspecified atom stereocenters. The highest BCUT2D eigenvalue weighted by Crippen LogP contribution is 2.13. The Morgan fingerprint density at radius 3 is 0.778 bits per heavy atom. The van der Waals surface area contributed by atoms with Crippen LogP contribution in [-0.2, 0) is 0 Å². The monoisotopic (exact) mass is 376 g/mol. The molecule has 0 heterocycles. The molecule has 0 aliphatic heterocycles.